The summed E-state index contributed by atoms with van der Waals surface area (Å²) in [6, 6.07) is 5.62. The molecule has 0 aliphatic heterocycles. The van der Waals surface area contributed by atoms with Crippen LogP contribution in [-0.4, -0.2) is 37.6 Å². The monoisotopic (exact) mass is 427 g/mol. The number of unbranched alkanes of at least 4 members (excludes halogenated alkanes) is 4. The number of aromatic nitrogens is 1. The first-order valence-electron chi connectivity index (χ1n) is 11.1. The van der Waals surface area contributed by atoms with Gasteiger partial charge in [-0.3, -0.25) is 4.79 Å². The highest BCUT2D eigenvalue weighted by Crippen LogP contribution is 2.40. The van der Waals surface area contributed by atoms with E-state index in [0.29, 0.717) is 36.3 Å². The van der Waals surface area contributed by atoms with Crippen LogP contribution in [0, 0.1) is 6.92 Å². The Hall–Kier alpha value is -2.76. The van der Waals surface area contributed by atoms with Crippen LogP contribution < -0.4 is 9.47 Å². The molecule has 0 saturated carbocycles. The van der Waals surface area contributed by atoms with Gasteiger partial charge in [-0.25, -0.2) is 4.79 Å². The van der Waals surface area contributed by atoms with Gasteiger partial charge >= 0.3 is 5.97 Å². The number of Topliss-reactive ketones (excluding diaryl/α,β-unsaturated/α-hetero) is 1. The lowest BCUT2D eigenvalue weighted by Gasteiger charge is -2.24. The minimum absolute atomic E-state index is 0.0310. The summed E-state index contributed by atoms with van der Waals surface area (Å²) in [6.45, 7) is 4.40. The summed E-state index contributed by atoms with van der Waals surface area (Å²) in [5, 5.41) is 0. The lowest BCUT2D eigenvalue weighted by molar-refractivity contribution is 0.0490. The summed E-state index contributed by atoms with van der Waals surface area (Å²) in [4.78, 5) is 28.8. The third kappa shape index (κ3) is 5.12. The Morgan fingerprint density at radius 1 is 1.10 bits per heavy atom. The molecule has 2 aromatic rings. The van der Waals surface area contributed by atoms with Gasteiger partial charge in [-0.05, 0) is 43.5 Å². The van der Waals surface area contributed by atoms with Crippen LogP contribution in [0.15, 0.2) is 18.2 Å². The average Bonchev–Trinajstić information content (AvgIpc) is 3.12. The van der Waals surface area contributed by atoms with Crippen molar-refractivity contribution in [2.24, 2.45) is 0 Å². The van der Waals surface area contributed by atoms with Gasteiger partial charge in [-0.2, -0.15) is 0 Å². The van der Waals surface area contributed by atoms with Crippen molar-refractivity contribution in [3.63, 3.8) is 0 Å². The van der Waals surface area contributed by atoms with Crippen LogP contribution in [0.1, 0.15) is 89.0 Å². The average molecular weight is 428 g/mol. The lowest BCUT2D eigenvalue weighted by atomic mass is 9.81. The molecule has 1 heterocycles. The highest BCUT2D eigenvalue weighted by atomic mass is 16.5. The number of rotatable bonds is 10. The van der Waals surface area contributed by atoms with Crippen LogP contribution >= 0.6 is 0 Å². The van der Waals surface area contributed by atoms with Crippen molar-refractivity contribution in [2.45, 2.75) is 64.7 Å². The first kappa shape index (κ1) is 22.9. The van der Waals surface area contributed by atoms with Crippen molar-refractivity contribution in [1.29, 1.82) is 0 Å². The molecule has 0 radical (unpaired) electrons. The maximum atomic E-state index is 13.0. The fourth-order valence-corrected chi connectivity index (χ4v) is 4.36. The first-order valence-corrected chi connectivity index (χ1v) is 11.1. The number of methoxy groups -OCH3 is 2. The zero-order valence-electron chi connectivity index (χ0n) is 19.0. The number of benzene rings is 1. The summed E-state index contributed by atoms with van der Waals surface area (Å²) in [6.07, 6.45) is 6.46. The normalized spacial score (nSPS) is 15.5. The van der Waals surface area contributed by atoms with Gasteiger partial charge in [0.05, 0.1) is 20.8 Å². The van der Waals surface area contributed by atoms with Gasteiger partial charge in [0.25, 0.3) is 0 Å². The Morgan fingerprint density at radius 2 is 1.87 bits per heavy atom. The number of hydrogen-bond donors (Lipinski definition) is 1. The van der Waals surface area contributed by atoms with Crippen LogP contribution in [0.4, 0.5) is 0 Å². The number of carbonyl (C=O) groups is 2. The van der Waals surface area contributed by atoms with Gasteiger partial charge in [-0.15, -0.1) is 0 Å². The van der Waals surface area contributed by atoms with E-state index in [2.05, 4.69) is 11.9 Å². The molecule has 0 saturated heterocycles. The van der Waals surface area contributed by atoms with Crippen molar-refractivity contribution in [3.8, 4) is 11.5 Å². The Labute approximate surface area is 184 Å². The molecule has 1 aliphatic rings. The summed E-state index contributed by atoms with van der Waals surface area (Å²) in [5.41, 5.74) is 3.44. The molecule has 168 valence electrons. The minimum atomic E-state index is -0.384. The molecular formula is C25H33NO5. The number of carbonyl (C=O) groups excluding carboxylic acids is 2. The molecule has 1 atom stereocenters. The second kappa shape index (κ2) is 10.5. The van der Waals surface area contributed by atoms with E-state index in [-0.39, 0.29) is 17.7 Å². The number of ether oxygens (including phenoxy) is 3. The highest BCUT2D eigenvalue weighted by molar-refractivity contribution is 6.03. The van der Waals surface area contributed by atoms with E-state index in [9.17, 15) is 9.59 Å². The zero-order chi connectivity index (χ0) is 22.4. The molecule has 1 aromatic carbocycles. The van der Waals surface area contributed by atoms with E-state index in [1.165, 1.54) is 12.8 Å². The molecule has 0 bridgehead atoms. The van der Waals surface area contributed by atoms with Gasteiger partial charge in [0, 0.05) is 29.2 Å². The fraction of sp³-hybridized carbons (Fsp3) is 0.520. The summed E-state index contributed by atoms with van der Waals surface area (Å²) < 4.78 is 16.3. The Kier molecular flexibility index (Phi) is 7.77. The van der Waals surface area contributed by atoms with E-state index in [0.717, 1.165) is 42.0 Å². The molecule has 6 nitrogen and oxygen atoms in total. The van der Waals surface area contributed by atoms with Crippen molar-refractivity contribution in [2.75, 3.05) is 20.8 Å². The predicted molar refractivity (Wildman–Crippen MR) is 120 cm³/mol. The largest absolute Gasteiger partial charge is 0.497 e. The van der Waals surface area contributed by atoms with Gasteiger partial charge in [-0.1, -0.05) is 32.6 Å². The third-order valence-electron chi connectivity index (χ3n) is 6.05. The maximum absolute atomic E-state index is 13.0. The molecule has 0 amide bonds. The quantitative estimate of drug-likeness (QED) is 0.407. The molecule has 1 N–H and O–H groups in total. The predicted octanol–water partition coefficient (Wildman–Crippen LogP) is 5.38. The molecule has 3 rings (SSSR count). The molecule has 0 fully saturated rings. The van der Waals surface area contributed by atoms with Crippen molar-refractivity contribution in [3.05, 3.63) is 46.3 Å². The molecule has 31 heavy (non-hydrogen) atoms. The third-order valence-corrected chi connectivity index (χ3v) is 6.05. The lowest BCUT2D eigenvalue weighted by Crippen LogP contribution is -2.19. The van der Waals surface area contributed by atoms with Crippen molar-refractivity contribution >= 4 is 11.8 Å². The van der Waals surface area contributed by atoms with E-state index in [1.54, 1.807) is 14.2 Å². The molecule has 1 aromatic heterocycles. The summed E-state index contributed by atoms with van der Waals surface area (Å²) in [7, 11) is 3.24. The van der Waals surface area contributed by atoms with Crippen LogP contribution in [0.3, 0.4) is 0 Å². The number of aromatic amines is 1. The fourth-order valence-electron chi connectivity index (χ4n) is 4.36. The standard InChI is InChI=1S/C25H33NO5/c1-5-6-7-8-9-12-31-25(28)24-16(2)23-20(26-24)13-17(14-21(23)27)19-15-18(29-3)10-11-22(19)30-4/h10-11,15,17,26H,5-9,12-14H2,1-4H3/t17-/m0/s1. The molecule has 1 aliphatic carbocycles. The number of esters is 1. The van der Waals surface area contributed by atoms with Crippen LogP contribution in [-0.2, 0) is 11.2 Å². The van der Waals surface area contributed by atoms with Gasteiger partial charge in [0.15, 0.2) is 5.78 Å². The number of H-pyrrole nitrogens is 1. The smallest absolute Gasteiger partial charge is 0.355 e. The summed E-state index contributed by atoms with van der Waals surface area (Å²) >= 11 is 0. The number of hydrogen-bond acceptors (Lipinski definition) is 5. The number of fused-ring (bicyclic) bond motifs is 1. The van der Waals surface area contributed by atoms with Crippen LogP contribution in [0.5, 0.6) is 11.5 Å². The summed E-state index contributed by atoms with van der Waals surface area (Å²) in [5.74, 6) is 1.05. The Bertz CT molecular complexity index is 930. The molecule has 0 spiro atoms. The molecular weight excluding hydrogens is 394 g/mol. The van der Waals surface area contributed by atoms with Crippen molar-refractivity contribution in [1.82, 2.24) is 4.98 Å². The minimum Gasteiger partial charge on any atom is -0.497 e. The van der Waals surface area contributed by atoms with Crippen LogP contribution in [0.25, 0.3) is 0 Å². The first-order chi connectivity index (χ1) is 15.0. The maximum Gasteiger partial charge on any atom is 0.355 e. The van der Waals surface area contributed by atoms with Gasteiger partial charge in [0.2, 0.25) is 0 Å². The Balaban J connectivity index is 1.75. The topological polar surface area (TPSA) is 77.6 Å². The van der Waals surface area contributed by atoms with Crippen LogP contribution in [0.2, 0.25) is 0 Å². The van der Waals surface area contributed by atoms with Crippen molar-refractivity contribution < 1.29 is 23.8 Å². The second-order valence-corrected chi connectivity index (χ2v) is 8.16. The SMILES string of the molecule is CCCCCCCOC(=O)c1[nH]c2c(c1C)C(=O)C[C@@H](c1cc(OC)ccc1OC)C2. The number of nitrogens with one attached hydrogen (secondary N) is 1. The highest BCUT2D eigenvalue weighted by Gasteiger charge is 2.33. The molecule has 0 unspecified atom stereocenters. The molecule has 6 heteroatoms. The number of ketones is 1. The van der Waals surface area contributed by atoms with Gasteiger partial charge < -0.3 is 19.2 Å². The zero-order valence-corrected chi connectivity index (χ0v) is 19.0. The van der Waals surface area contributed by atoms with Gasteiger partial charge in [0.1, 0.15) is 17.2 Å². The van der Waals surface area contributed by atoms with E-state index < -0.39 is 0 Å². The van der Waals surface area contributed by atoms with E-state index >= 15 is 0 Å². The van der Waals surface area contributed by atoms with E-state index in [1.807, 2.05) is 25.1 Å². The van der Waals surface area contributed by atoms with E-state index in [4.69, 9.17) is 14.2 Å². The second-order valence-electron chi connectivity index (χ2n) is 8.16. The Morgan fingerprint density at radius 3 is 2.58 bits per heavy atom.